The van der Waals surface area contributed by atoms with Crippen molar-refractivity contribution in [1.29, 1.82) is 0 Å². The van der Waals surface area contributed by atoms with Crippen LogP contribution in [0.25, 0.3) is 0 Å². The highest BCUT2D eigenvalue weighted by Gasteiger charge is 2.28. The van der Waals surface area contributed by atoms with Crippen LogP contribution < -0.4 is 5.32 Å². The minimum Gasteiger partial charge on any atom is -0.380 e. The van der Waals surface area contributed by atoms with E-state index in [2.05, 4.69) is 15.5 Å². The second kappa shape index (κ2) is 7.24. The molecule has 21 heavy (non-hydrogen) atoms. The molecule has 9 heteroatoms. The van der Waals surface area contributed by atoms with Gasteiger partial charge in [0.2, 0.25) is 0 Å². The average Bonchev–Trinajstić information content (AvgIpc) is 2.75. The highest BCUT2D eigenvalue weighted by molar-refractivity contribution is 8.13. The number of carbonyl (C=O) groups excluding carboxylic acids is 1. The zero-order valence-corrected chi connectivity index (χ0v) is 14.0. The van der Waals surface area contributed by atoms with Crippen molar-refractivity contribution in [1.82, 2.24) is 15.5 Å². The maximum Gasteiger partial charge on any atom is 0.273 e. The number of aromatic nitrogens is 2. The van der Waals surface area contributed by atoms with Crippen LogP contribution in [-0.2, 0) is 13.8 Å². The largest absolute Gasteiger partial charge is 0.380 e. The van der Waals surface area contributed by atoms with Crippen molar-refractivity contribution in [3.63, 3.8) is 0 Å². The Morgan fingerprint density at radius 3 is 2.57 bits per heavy atom. The summed E-state index contributed by atoms with van der Waals surface area (Å²) in [6.07, 6.45) is 0. The number of hydrogen-bond donors (Lipinski definition) is 2. The summed E-state index contributed by atoms with van der Waals surface area (Å²) in [5.41, 5.74) is -0.00861. The fourth-order valence-electron chi connectivity index (χ4n) is 1.75. The molecular weight excluding hydrogens is 318 g/mol. The molecule has 0 spiro atoms. The van der Waals surface area contributed by atoms with E-state index in [1.165, 1.54) is 6.92 Å². The monoisotopic (exact) mass is 337 g/mol. The lowest BCUT2D eigenvalue weighted by Gasteiger charge is -2.21. The third kappa shape index (κ3) is 4.69. The molecule has 1 heterocycles. The molecule has 0 saturated heterocycles. The van der Waals surface area contributed by atoms with Gasteiger partial charge in [-0.1, -0.05) is 13.8 Å². The van der Waals surface area contributed by atoms with Crippen molar-refractivity contribution in [2.24, 2.45) is 5.92 Å². The fraction of sp³-hybridized carbons (Fsp3) is 0.667. The molecule has 7 nitrogen and oxygen atoms in total. The van der Waals surface area contributed by atoms with Gasteiger partial charge in [0.25, 0.3) is 15.0 Å². The molecule has 0 fully saturated rings. The zero-order valence-electron chi connectivity index (χ0n) is 12.4. The Hall–Kier alpha value is -1.12. The number of H-pyrrole nitrogens is 1. The maximum atomic E-state index is 12.2. The first-order valence-corrected chi connectivity index (χ1v) is 8.87. The number of halogens is 1. The topological polar surface area (TPSA) is 101 Å². The molecule has 0 radical (unpaired) electrons. The number of aryl methyl sites for hydroxylation is 1. The van der Waals surface area contributed by atoms with Crippen LogP contribution >= 0.6 is 10.7 Å². The third-order valence-electron chi connectivity index (χ3n) is 2.97. The first kappa shape index (κ1) is 17.9. The molecule has 0 saturated carbocycles. The predicted octanol–water partition coefficient (Wildman–Crippen LogP) is 1.44. The molecule has 1 aromatic heterocycles. The summed E-state index contributed by atoms with van der Waals surface area (Å²) >= 11 is 0. The molecule has 1 amide bonds. The van der Waals surface area contributed by atoms with Crippen LogP contribution in [0.2, 0.25) is 0 Å². The van der Waals surface area contributed by atoms with Gasteiger partial charge >= 0.3 is 0 Å². The van der Waals surface area contributed by atoms with Crippen molar-refractivity contribution >= 4 is 25.6 Å². The van der Waals surface area contributed by atoms with Crippen molar-refractivity contribution in [3.05, 3.63) is 11.4 Å². The van der Waals surface area contributed by atoms with Gasteiger partial charge in [-0.15, -0.1) is 0 Å². The van der Waals surface area contributed by atoms with Crippen LogP contribution in [0.1, 0.15) is 37.0 Å². The van der Waals surface area contributed by atoms with Crippen LogP contribution in [0, 0.1) is 12.8 Å². The number of rotatable bonds is 7. The Labute approximate surface area is 128 Å². The molecule has 120 valence electrons. The van der Waals surface area contributed by atoms with E-state index < -0.39 is 15.0 Å². The van der Waals surface area contributed by atoms with Gasteiger partial charge < -0.3 is 10.1 Å². The first-order valence-electron chi connectivity index (χ1n) is 6.56. The normalized spacial score (nSPS) is 13.4. The SMILES string of the molecule is CCOCC(NC(=O)c1n[nH]c(C)c1S(=O)(=O)Cl)C(C)C. The number of amides is 1. The standard InChI is InChI=1S/C12H20ClN3O4S/c1-5-20-6-9(7(2)3)14-12(17)10-11(21(13,18)19)8(4)15-16-10/h7,9H,5-6H2,1-4H3,(H,14,17)(H,15,16). The molecule has 1 aromatic rings. The average molecular weight is 338 g/mol. The van der Waals surface area contributed by atoms with Crippen LogP contribution in [0.3, 0.4) is 0 Å². The second-order valence-electron chi connectivity index (χ2n) is 4.95. The number of nitrogens with one attached hydrogen (secondary N) is 2. The minimum atomic E-state index is -4.05. The third-order valence-corrected chi connectivity index (χ3v) is 4.42. The Morgan fingerprint density at radius 1 is 1.48 bits per heavy atom. The lowest BCUT2D eigenvalue weighted by Crippen LogP contribution is -2.42. The summed E-state index contributed by atoms with van der Waals surface area (Å²) in [6.45, 7) is 8.07. The lowest BCUT2D eigenvalue weighted by atomic mass is 10.1. The van der Waals surface area contributed by atoms with E-state index in [-0.39, 0.29) is 28.2 Å². The van der Waals surface area contributed by atoms with Crippen molar-refractivity contribution in [2.75, 3.05) is 13.2 Å². The zero-order chi connectivity index (χ0) is 16.2. The maximum absolute atomic E-state index is 12.2. The highest BCUT2D eigenvalue weighted by atomic mass is 35.7. The summed E-state index contributed by atoms with van der Waals surface area (Å²) in [5.74, 6) is -0.478. The molecule has 0 aliphatic rings. The lowest BCUT2D eigenvalue weighted by molar-refractivity contribution is 0.0799. The van der Waals surface area contributed by atoms with Gasteiger partial charge in [-0.3, -0.25) is 9.89 Å². The smallest absolute Gasteiger partial charge is 0.273 e. The van der Waals surface area contributed by atoms with Gasteiger partial charge in [0.15, 0.2) is 5.69 Å². The summed E-state index contributed by atoms with van der Waals surface area (Å²) in [6, 6.07) is -0.250. The Morgan fingerprint density at radius 2 is 2.10 bits per heavy atom. The van der Waals surface area contributed by atoms with Crippen molar-refractivity contribution < 1.29 is 17.9 Å². The van der Waals surface area contributed by atoms with Gasteiger partial charge in [-0.2, -0.15) is 5.10 Å². The number of hydrogen-bond acceptors (Lipinski definition) is 5. The Balaban J connectivity index is 2.99. The molecule has 0 aliphatic heterocycles. The van der Waals surface area contributed by atoms with E-state index in [9.17, 15) is 13.2 Å². The molecule has 0 aromatic carbocycles. The van der Waals surface area contributed by atoms with E-state index >= 15 is 0 Å². The predicted molar refractivity (Wildman–Crippen MR) is 78.9 cm³/mol. The molecule has 2 N–H and O–H groups in total. The van der Waals surface area contributed by atoms with Gasteiger partial charge in [0.1, 0.15) is 4.90 Å². The van der Waals surface area contributed by atoms with E-state index in [0.29, 0.717) is 13.2 Å². The minimum absolute atomic E-state index is 0.122. The van der Waals surface area contributed by atoms with E-state index in [0.717, 1.165) is 0 Å². The number of carbonyl (C=O) groups is 1. The van der Waals surface area contributed by atoms with Gasteiger partial charge in [-0.25, -0.2) is 8.42 Å². The van der Waals surface area contributed by atoms with Gasteiger partial charge in [0.05, 0.1) is 18.3 Å². The van der Waals surface area contributed by atoms with Crippen LogP contribution in [0.5, 0.6) is 0 Å². The molecule has 1 unspecified atom stereocenters. The molecule has 0 aliphatic carbocycles. The second-order valence-corrected chi connectivity index (χ2v) is 7.45. The van der Waals surface area contributed by atoms with E-state index in [4.69, 9.17) is 15.4 Å². The number of nitrogens with zero attached hydrogens (tertiary/aromatic N) is 1. The van der Waals surface area contributed by atoms with E-state index in [1.54, 1.807) is 0 Å². The van der Waals surface area contributed by atoms with Crippen molar-refractivity contribution in [2.45, 2.75) is 38.6 Å². The molecule has 1 rings (SSSR count). The number of ether oxygens (including phenoxy) is 1. The van der Waals surface area contributed by atoms with E-state index in [1.807, 2.05) is 20.8 Å². The van der Waals surface area contributed by atoms with Crippen LogP contribution in [0.4, 0.5) is 0 Å². The fourth-order valence-corrected chi connectivity index (χ4v) is 3.10. The summed E-state index contributed by atoms with van der Waals surface area (Å²) in [5, 5.41) is 8.92. The summed E-state index contributed by atoms with van der Waals surface area (Å²) < 4.78 is 28.4. The van der Waals surface area contributed by atoms with Gasteiger partial charge in [0, 0.05) is 17.3 Å². The molecular formula is C12H20ClN3O4S. The number of aromatic amines is 1. The van der Waals surface area contributed by atoms with Crippen LogP contribution in [-0.4, -0.2) is 43.8 Å². The highest BCUT2D eigenvalue weighted by Crippen LogP contribution is 2.22. The van der Waals surface area contributed by atoms with Gasteiger partial charge in [-0.05, 0) is 19.8 Å². The Kier molecular flexibility index (Phi) is 6.18. The quantitative estimate of drug-likeness (QED) is 0.733. The van der Waals surface area contributed by atoms with Crippen molar-refractivity contribution in [3.8, 4) is 0 Å². The molecule has 0 bridgehead atoms. The summed E-state index contributed by atoms with van der Waals surface area (Å²) in [7, 11) is 1.29. The Bertz CT molecular complexity index is 598. The first-order chi connectivity index (χ1) is 9.68. The van der Waals surface area contributed by atoms with Crippen LogP contribution in [0.15, 0.2) is 4.90 Å². The summed E-state index contributed by atoms with van der Waals surface area (Å²) in [4.78, 5) is 11.9. The molecule has 1 atom stereocenters.